The molecule has 0 amide bonds. The van der Waals surface area contributed by atoms with Crippen molar-refractivity contribution in [2.45, 2.75) is 174 Å². The van der Waals surface area contributed by atoms with Crippen molar-refractivity contribution in [3.63, 3.8) is 0 Å². The molecule has 0 rings (SSSR count). The summed E-state index contributed by atoms with van der Waals surface area (Å²) < 4.78 is 28.5. The maximum absolute atomic E-state index is 7.57. The van der Waals surface area contributed by atoms with Crippen molar-refractivity contribution in [2.75, 3.05) is 7.11 Å². The van der Waals surface area contributed by atoms with Gasteiger partial charge in [-0.2, -0.15) is 0 Å². The number of unbranched alkanes of at least 4 members (excludes halogenated alkanes) is 4. The lowest BCUT2D eigenvalue weighted by Gasteiger charge is -2.48. The summed E-state index contributed by atoms with van der Waals surface area (Å²) >= 11 is 0. The van der Waals surface area contributed by atoms with Crippen LogP contribution in [0.15, 0.2) is 0 Å². The standard InChI is InChI=1S/C28H68O4Si5/c1-13-34(14-2,15-3)30-37(31-35(16-4,17-5)18-6,32-36(19-7,20-8)21-9)28-26-24-22-23-25-27-33(11,12)29-10/h13-28H2,1-12H3. The summed E-state index contributed by atoms with van der Waals surface area (Å²) in [7, 11) is -8.03. The first kappa shape index (κ1) is 37.9. The highest BCUT2D eigenvalue weighted by Crippen LogP contribution is 2.39. The molecule has 0 aromatic heterocycles. The van der Waals surface area contributed by atoms with Crippen molar-refractivity contribution in [3.8, 4) is 0 Å². The number of hydrogen-bond donors (Lipinski definition) is 0. The lowest BCUT2D eigenvalue weighted by atomic mass is 10.2. The van der Waals surface area contributed by atoms with Crippen LogP contribution < -0.4 is 0 Å². The Morgan fingerprint density at radius 3 is 0.946 bits per heavy atom. The van der Waals surface area contributed by atoms with Crippen LogP contribution in [0.1, 0.15) is 94.4 Å². The monoisotopic (exact) mass is 608 g/mol. The minimum atomic E-state index is -2.82. The first-order valence-electron chi connectivity index (χ1n) is 16.1. The molecule has 224 valence electrons. The summed E-state index contributed by atoms with van der Waals surface area (Å²) in [5.41, 5.74) is 0. The van der Waals surface area contributed by atoms with E-state index in [4.69, 9.17) is 16.8 Å². The molecular weight excluding hydrogens is 541 g/mol. The van der Waals surface area contributed by atoms with Crippen LogP contribution in [0.3, 0.4) is 0 Å². The van der Waals surface area contributed by atoms with E-state index in [1.54, 1.807) is 0 Å². The molecular formula is C28H68O4Si5. The Kier molecular flexibility index (Phi) is 18.8. The smallest absolute Gasteiger partial charge is 0.420 e. The van der Waals surface area contributed by atoms with Gasteiger partial charge in [-0.15, -0.1) is 0 Å². The van der Waals surface area contributed by atoms with Gasteiger partial charge in [0.25, 0.3) is 0 Å². The van der Waals surface area contributed by atoms with Crippen LogP contribution in [0, 0.1) is 0 Å². The summed E-state index contributed by atoms with van der Waals surface area (Å²) in [6.07, 6.45) is 6.35. The van der Waals surface area contributed by atoms with Gasteiger partial charge in [-0.05, 0) is 80.0 Å². The molecule has 0 N–H and O–H groups in total. The zero-order chi connectivity index (χ0) is 28.6. The molecule has 0 atom stereocenters. The van der Waals surface area contributed by atoms with Gasteiger partial charge in [-0.1, -0.05) is 88.0 Å². The van der Waals surface area contributed by atoms with Gasteiger partial charge in [0.2, 0.25) is 0 Å². The molecule has 0 unspecified atom stereocenters. The van der Waals surface area contributed by atoms with Crippen LogP contribution in [0.5, 0.6) is 0 Å². The normalized spacial score (nSPS) is 13.9. The van der Waals surface area contributed by atoms with Crippen molar-refractivity contribution in [3.05, 3.63) is 0 Å². The van der Waals surface area contributed by atoms with Crippen molar-refractivity contribution in [2.24, 2.45) is 0 Å². The first-order chi connectivity index (χ1) is 17.4. The Morgan fingerprint density at radius 1 is 0.405 bits per heavy atom. The van der Waals surface area contributed by atoms with Crippen LogP contribution in [-0.4, -0.2) is 49.2 Å². The minimum Gasteiger partial charge on any atom is -0.420 e. The molecule has 0 aromatic rings. The average molecular weight is 609 g/mol. The third kappa shape index (κ3) is 12.1. The lowest BCUT2D eigenvalue weighted by Crippen LogP contribution is -2.64. The molecule has 0 radical (unpaired) electrons. The fraction of sp³-hybridized carbons (Fsp3) is 1.00. The molecule has 4 nitrogen and oxygen atoms in total. The molecule has 0 heterocycles. The molecule has 0 spiro atoms. The van der Waals surface area contributed by atoms with Gasteiger partial charge >= 0.3 is 8.80 Å². The summed E-state index contributed by atoms with van der Waals surface area (Å²) in [5, 5.41) is 0. The van der Waals surface area contributed by atoms with Gasteiger partial charge in [-0.3, -0.25) is 0 Å². The second-order valence-electron chi connectivity index (χ2n) is 12.0. The van der Waals surface area contributed by atoms with E-state index >= 15 is 0 Å². The van der Waals surface area contributed by atoms with E-state index in [1.165, 1.54) is 92.5 Å². The van der Waals surface area contributed by atoms with Gasteiger partial charge in [0.15, 0.2) is 33.3 Å². The van der Waals surface area contributed by atoms with Crippen LogP contribution >= 0.6 is 0 Å². The molecule has 0 saturated carbocycles. The zero-order valence-corrected chi connectivity index (χ0v) is 32.4. The fourth-order valence-electron chi connectivity index (χ4n) is 5.63. The second kappa shape index (κ2) is 18.4. The highest BCUT2D eigenvalue weighted by atomic mass is 28.5. The third-order valence-corrected chi connectivity index (χ3v) is 33.9. The van der Waals surface area contributed by atoms with E-state index in [0.717, 1.165) is 6.04 Å². The van der Waals surface area contributed by atoms with E-state index < -0.39 is 42.1 Å². The second-order valence-corrected chi connectivity index (χ2v) is 34.2. The fourth-order valence-corrected chi connectivity index (χ4v) is 28.1. The molecule has 0 aliphatic heterocycles. The van der Waals surface area contributed by atoms with Crippen molar-refractivity contribution in [1.82, 2.24) is 0 Å². The SMILES string of the molecule is CC[Si](CC)(CC)O[Si](CCCCCCC[Si](C)(C)OC)(O[Si](CC)(CC)CC)O[Si](CC)(CC)CC. The maximum atomic E-state index is 7.57. The van der Waals surface area contributed by atoms with Gasteiger partial charge < -0.3 is 16.8 Å². The van der Waals surface area contributed by atoms with Crippen molar-refractivity contribution in [1.29, 1.82) is 0 Å². The summed E-state index contributed by atoms with van der Waals surface area (Å²) in [4.78, 5) is 0. The first-order valence-corrected chi connectivity index (χ1v) is 28.7. The summed E-state index contributed by atoms with van der Waals surface area (Å²) in [5.74, 6) is 0. The van der Waals surface area contributed by atoms with Gasteiger partial charge in [0, 0.05) is 13.2 Å². The van der Waals surface area contributed by atoms with E-state index in [9.17, 15) is 0 Å². The molecule has 0 aliphatic rings. The zero-order valence-electron chi connectivity index (χ0n) is 27.4. The molecule has 0 aromatic carbocycles. The van der Waals surface area contributed by atoms with Crippen LogP contribution in [-0.2, 0) is 16.8 Å². The summed E-state index contributed by atoms with van der Waals surface area (Å²) in [6, 6.07) is 12.8. The molecule has 0 saturated heterocycles. The Hall–Kier alpha value is 0.924. The molecule has 0 bridgehead atoms. The van der Waals surface area contributed by atoms with Gasteiger partial charge in [-0.25, -0.2) is 0 Å². The van der Waals surface area contributed by atoms with E-state index in [1.807, 2.05) is 7.11 Å². The average Bonchev–Trinajstić information content (AvgIpc) is 2.93. The third-order valence-electron chi connectivity index (χ3n) is 9.73. The quantitative estimate of drug-likeness (QED) is 0.0806. The predicted octanol–water partition coefficient (Wildman–Crippen LogP) is 10.8. The number of rotatable bonds is 24. The van der Waals surface area contributed by atoms with Crippen LogP contribution in [0.2, 0.25) is 79.6 Å². The Morgan fingerprint density at radius 2 is 0.676 bits per heavy atom. The molecule has 9 heteroatoms. The maximum Gasteiger partial charge on any atom is 0.469 e. The Bertz CT molecular complexity index is 499. The molecule has 0 fully saturated rings. The highest BCUT2D eigenvalue weighted by molar-refractivity contribution is 6.92. The molecule has 37 heavy (non-hydrogen) atoms. The largest absolute Gasteiger partial charge is 0.469 e. The summed E-state index contributed by atoms with van der Waals surface area (Å²) in [6.45, 7) is 25.9. The van der Waals surface area contributed by atoms with Crippen LogP contribution in [0.25, 0.3) is 0 Å². The highest BCUT2D eigenvalue weighted by Gasteiger charge is 2.54. The predicted molar refractivity (Wildman–Crippen MR) is 178 cm³/mol. The van der Waals surface area contributed by atoms with Crippen molar-refractivity contribution < 1.29 is 16.8 Å². The molecule has 0 aliphatic carbocycles. The Balaban J connectivity index is 6.09. The number of hydrogen-bond acceptors (Lipinski definition) is 4. The van der Waals surface area contributed by atoms with Crippen LogP contribution in [0.4, 0.5) is 0 Å². The van der Waals surface area contributed by atoms with Gasteiger partial charge in [0.1, 0.15) is 0 Å². The van der Waals surface area contributed by atoms with E-state index in [-0.39, 0.29) is 0 Å². The lowest BCUT2D eigenvalue weighted by molar-refractivity contribution is 0.237. The van der Waals surface area contributed by atoms with E-state index in [0.29, 0.717) is 0 Å². The van der Waals surface area contributed by atoms with Crippen molar-refractivity contribution >= 4 is 42.1 Å². The topological polar surface area (TPSA) is 36.9 Å². The minimum absolute atomic E-state index is 1.03. The Labute approximate surface area is 239 Å². The van der Waals surface area contributed by atoms with Gasteiger partial charge in [0.05, 0.1) is 0 Å². The van der Waals surface area contributed by atoms with E-state index in [2.05, 4.69) is 75.4 Å².